The second kappa shape index (κ2) is 8.36. The van der Waals surface area contributed by atoms with Crippen molar-refractivity contribution >= 4 is 11.4 Å². The van der Waals surface area contributed by atoms with Crippen molar-refractivity contribution in [3.63, 3.8) is 0 Å². The molecule has 0 amide bonds. The van der Waals surface area contributed by atoms with Gasteiger partial charge in [-0.15, -0.1) is 0 Å². The van der Waals surface area contributed by atoms with Gasteiger partial charge in [0, 0.05) is 37.2 Å². The summed E-state index contributed by atoms with van der Waals surface area (Å²) in [6.45, 7) is 10.5. The third kappa shape index (κ3) is 4.25. The van der Waals surface area contributed by atoms with Crippen LogP contribution < -0.4 is 16.2 Å². The zero-order chi connectivity index (χ0) is 18.5. The second-order valence-corrected chi connectivity index (χ2v) is 7.16. The molecule has 2 aliphatic rings. The fourth-order valence-corrected chi connectivity index (χ4v) is 3.52. The van der Waals surface area contributed by atoms with E-state index in [9.17, 15) is 0 Å². The zero-order valence-corrected chi connectivity index (χ0v) is 15.7. The van der Waals surface area contributed by atoms with Crippen LogP contribution in [0.4, 0.5) is 5.82 Å². The number of rotatable bonds is 6. The van der Waals surface area contributed by atoms with Gasteiger partial charge < -0.3 is 15.1 Å². The molecule has 0 radical (unpaired) electrons. The van der Waals surface area contributed by atoms with Crippen molar-refractivity contribution in [1.29, 1.82) is 0 Å². The van der Waals surface area contributed by atoms with E-state index in [-0.39, 0.29) is 12.0 Å². The number of allylic oxidation sites excluding steroid dienone is 4. The third-order valence-corrected chi connectivity index (χ3v) is 4.87. The summed E-state index contributed by atoms with van der Waals surface area (Å²) in [5, 5.41) is 0. The molecule has 140 valence electrons. The van der Waals surface area contributed by atoms with Crippen LogP contribution in [0.5, 0.6) is 0 Å². The Bertz CT molecular complexity index is 704. The minimum Gasteiger partial charge on any atom is -0.495 e. The smallest absolute Gasteiger partial charge is 0.132 e. The number of hydrogen-bond acceptors (Lipinski definition) is 6. The Kier molecular flexibility index (Phi) is 5.93. The maximum atomic E-state index is 5.88. The van der Waals surface area contributed by atoms with Crippen molar-refractivity contribution in [3.8, 4) is 0 Å². The van der Waals surface area contributed by atoms with E-state index in [2.05, 4.69) is 26.9 Å². The predicted molar refractivity (Wildman–Crippen MR) is 105 cm³/mol. The van der Waals surface area contributed by atoms with E-state index < -0.39 is 0 Å². The molecule has 0 unspecified atom stereocenters. The van der Waals surface area contributed by atoms with Gasteiger partial charge in [0.25, 0.3) is 0 Å². The van der Waals surface area contributed by atoms with Gasteiger partial charge in [0.1, 0.15) is 12.1 Å². The zero-order valence-electron chi connectivity index (χ0n) is 15.7. The van der Waals surface area contributed by atoms with Gasteiger partial charge in [0.15, 0.2) is 0 Å². The van der Waals surface area contributed by atoms with Crippen molar-refractivity contribution in [2.24, 2.45) is 11.8 Å². The minimum atomic E-state index is 0.0165. The summed E-state index contributed by atoms with van der Waals surface area (Å²) in [7, 11) is 0. The number of hydrazine groups is 1. The largest absolute Gasteiger partial charge is 0.495 e. The summed E-state index contributed by atoms with van der Waals surface area (Å²) in [5.41, 5.74) is 5.51. The van der Waals surface area contributed by atoms with Crippen molar-refractivity contribution in [1.82, 2.24) is 15.4 Å². The molecular weight excluding hydrogens is 326 g/mol. The van der Waals surface area contributed by atoms with Gasteiger partial charge in [-0.2, -0.15) is 0 Å². The molecule has 3 N–H and O–H groups in total. The molecule has 0 bridgehead atoms. The molecule has 1 atom stereocenters. The van der Waals surface area contributed by atoms with Gasteiger partial charge >= 0.3 is 0 Å². The maximum absolute atomic E-state index is 5.88. The first-order valence-electron chi connectivity index (χ1n) is 9.38. The number of anilines is 1. The molecule has 1 saturated heterocycles. The van der Waals surface area contributed by atoms with Crippen LogP contribution in [0, 0.1) is 5.92 Å². The molecule has 6 nitrogen and oxygen atoms in total. The van der Waals surface area contributed by atoms with Crippen molar-refractivity contribution in [3.05, 3.63) is 48.3 Å². The van der Waals surface area contributed by atoms with Crippen molar-refractivity contribution < 1.29 is 4.74 Å². The first-order chi connectivity index (χ1) is 12.6. The van der Waals surface area contributed by atoms with Gasteiger partial charge in [0.2, 0.25) is 0 Å². The Labute approximate surface area is 155 Å². The van der Waals surface area contributed by atoms with E-state index in [0.29, 0.717) is 0 Å². The highest BCUT2D eigenvalue weighted by Gasteiger charge is 2.25. The number of nitrogens with one attached hydrogen (secondary N) is 1. The van der Waals surface area contributed by atoms with E-state index in [0.717, 1.165) is 48.1 Å². The fourth-order valence-electron chi connectivity index (χ4n) is 3.52. The lowest BCUT2D eigenvalue weighted by atomic mass is 9.87. The maximum Gasteiger partial charge on any atom is 0.132 e. The van der Waals surface area contributed by atoms with Crippen LogP contribution in [0.25, 0.3) is 5.57 Å². The van der Waals surface area contributed by atoms with Crippen LogP contribution >= 0.6 is 0 Å². The Balaban J connectivity index is 1.79. The Hall–Kier alpha value is -2.34. The van der Waals surface area contributed by atoms with Crippen LogP contribution in [0.3, 0.4) is 0 Å². The van der Waals surface area contributed by atoms with Crippen LogP contribution in [-0.4, -0.2) is 29.2 Å². The Morgan fingerprint density at radius 2 is 2.04 bits per heavy atom. The lowest BCUT2D eigenvalue weighted by Crippen LogP contribution is -2.31. The summed E-state index contributed by atoms with van der Waals surface area (Å²) in [5.74, 6) is 7.67. The normalized spacial score (nSPS) is 20.5. The van der Waals surface area contributed by atoms with Gasteiger partial charge in [-0.1, -0.05) is 6.58 Å². The molecule has 0 aromatic carbocycles. The molecule has 1 fully saturated rings. The average Bonchev–Trinajstić information content (AvgIpc) is 2.67. The van der Waals surface area contributed by atoms with E-state index in [1.807, 2.05) is 32.1 Å². The number of nitrogens with two attached hydrogens (primary N) is 1. The summed E-state index contributed by atoms with van der Waals surface area (Å²) in [6, 6.07) is 2.04. The Morgan fingerprint density at radius 3 is 2.73 bits per heavy atom. The Morgan fingerprint density at radius 1 is 1.27 bits per heavy atom. The van der Waals surface area contributed by atoms with Crippen molar-refractivity contribution in [2.45, 2.75) is 45.6 Å². The fraction of sp³-hybridized carbons (Fsp3) is 0.500. The SMILES string of the molecule is C=C(c1cc(N2CCCCC2)ncn1)[C@H]1CC(OC(C)C)=CC=C1NN. The van der Waals surface area contributed by atoms with Crippen LogP contribution in [0.15, 0.2) is 42.6 Å². The van der Waals surface area contributed by atoms with E-state index >= 15 is 0 Å². The van der Waals surface area contributed by atoms with Gasteiger partial charge in [-0.3, -0.25) is 5.84 Å². The number of nitrogens with zero attached hydrogens (tertiary/aromatic N) is 3. The molecule has 1 aliphatic carbocycles. The van der Waals surface area contributed by atoms with E-state index in [1.54, 1.807) is 6.33 Å². The lowest BCUT2D eigenvalue weighted by molar-refractivity contribution is 0.135. The number of ether oxygens (including phenoxy) is 1. The first kappa shape index (κ1) is 18.5. The molecule has 1 aromatic rings. The molecular formula is C20H29N5O. The molecule has 1 aliphatic heterocycles. The average molecular weight is 355 g/mol. The standard InChI is InChI=1S/C20H29N5O/c1-14(2)26-16-7-8-18(24-21)17(11-16)15(3)19-12-20(23-13-22-19)25-9-5-4-6-10-25/h7-8,12-14,17,24H,3-6,9-11,21H2,1-2H3/t17-/m1/s1. The van der Waals surface area contributed by atoms with E-state index in [4.69, 9.17) is 10.6 Å². The van der Waals surface area contributed by atoms with Gasteiger partial charge in [0.05, 0.1) is 17.6 Å². The highest BCUT2D eigenvalue weighted by molar-refractivity contribution is 5.68. The summed E-state index contributed by atoms with van der Waals surface area (Å²) < 4.78 is 5.88. The summed E-state index contributed by atoms with van der Waals surface area (Å²) in [4.78, 5) is 11.3. The van der Waals surface area contributed by atoms with Crippen LogP contribution in [0.2, 0.25) is 0 Å². The highest BCUT2D eigenvalue weighted by atomic mass is 16.5. The van der Waals surface area contributed by atoms with Crippen LogP contribution in [0.1, 0.15) is 45.2 Å². The number of aromatic nitrogens is 2. The van der Waals surface area contributed by atoms with Gasteiger partial charge in [-0.25, -0.2) is 9.97 Å². The first-order valence-corrected chi connectivity index (χ1v) is 9.38. The summed E-state index contributed by atoms with van der Waals surface area (Å²) in [6.07, 6.45) is 10.2. The second-order valence-electron chi connectivity index (χ2n) is 7.16. The summed E-state index contributed by atoms with van der Waals surface area (Å²) >= 11 is 0. The third-order valence-electron chi connectivity index (χ3n) is 4.87. The van der Waals surface area contributed by atoms with Crippen LogP contribution in [-0.2, 0) is 4.74 Å². The van der Waals surface area contributed by atoms with Crippen molar-refractivity contribution in [2.75, 3.05) is 18.0 Å². The lowest BCUT2D eigenvalue weighted by Gasteiger charge is -2.29. The minimum absolute atomic E-state index is 0.0165. The topological polar surface area (TPSA) is 76.3 Å². The number of piperidine rings is 1. The molecule has 3 rings (SSSR count). The highest BCUT2D eigenvalue weighted by Crippen LogP contribution is 2.35. The monoisotopic (exact) mass is 355 g/mol. The molecule has 1 aromatic heterocycles. The van der Waals surface area contributed by atoms with Gasteiger partial charge in [-0.05, 0) is 50.8 Å². The predicted octanol–water partition coefficient (Wildman–Crippen LogP) is 3.16. The number of hydrogen-bond donors (Lipinski definition) is 2. The molecule has 0 spiro atoms. The molecule has 26 heavy (non-hydrogen) atoms. The molecule has 6 heteroatoms. The quantitative estimate of drug-likeness (QED) is 0.603. The molecule has 2 heterocycles. The molecule has 0 saturated carbocycles. The van der Waals surface area contributed by atoms with E-state index in [1.165, 1.54) is 19.3 Å².